The number of hydrogen-bond donors (Lipinski definition) is 1. The fraction of sp³-hybridized carbons (Fsp3) is 0.571. The Morgan fingerprint density at radius 2 is 2.15 bits per heavy atom. The van der Waals surface area contributed by atoms with E-state index in [0.29, 0.717) is 25.5 Å². The number of ether oxygens (including phenoxy) is 1. The summed E-state index contributed by atoms with van der Waals surface area (Å²) in [5.74, 6) is 0.254. The van der Waals surface area contributed by atoms with Gasteiger partial charge in [-0.1, -0.05) is 6.92 Å². The number of carbonyl (C=O) groups is 2. The van der Waals surface area contributed by atoms with Crippen molar-refractivity contribution >= 4 is 11.9 Å². The van der Waals surface area contributed by atoms with Gasteiger partial charge in [0.05, 0.1) is 32.5 Å². The van der Waals surface area contributed by atoms with Crippen LogP contribution in [0.5, 0.6) is 0 Å². The molecule has 1 rings (SSSR count). The Morgan fingerprint density at radius 3 is 2.75 bits per heavy atom. The predicted molar refractivity (Wildman–Crippen MR) is 73.9 cm³/mol. The van der Waals surface area contributed by atoms with E-state index in [-0.39, 0.29) is 25.0 Å². The van der Waals surface area contributed by atoms with Crippen LogP contribution in [0.1, 0.15) is 26.0 Å². The molecule has 0 spiro atoms. The van der Waals surface area contributed by atoms with Crippen molar-refractivity contribution in [2.75, 3.05) is 26.2 Å². The summed E-state index contributed by atoms with van der Waals surface area (Å²) in [5, 5.41) is 2.75. The van der Waals surface area contributed by atoms with E-state index in [4.69, 9.17) is 9.15 Å². The lowest BCUT2D eigenvalue weighted by molar-refractivity contribution is -0.144. The second-order valence-corrected chi connectivity index (χ2v) is 4.37. The Kier molecular flexibility index (Phi) is 7.42. The smallest absolute Gasteiger partial charge is 0.320 e. The second kappa shape index (κ2) is 9.14. The highest BCUT2D eigenvalue weighted by Gasteiger charge is 2.14. The van der Waals surface area contributed by atoms with Gasteiger partial charge < -0.3 is 14.5 Å². The van der Waals surface area contributed by atoms with E-state index in [9.17, 15) is 9.59 Å². The molecule has 1 aromatic rings. The fourth-order valence-corrected chi connectivity index (χ4v) is 1.78. The standard InChI is InChI=1S/C14H22N2O4/c1-3-7-16(11-14(18)19-4-2)10-13(17)15-9-12-6-5-8-20-12/h5-6,8H,3-4,7,9-11H2,1-2H3,(H,15,17). The average molecular weight is 282 g/mol. The summed E-state index contributed by atoms with van der Waals surface area (Å²) in [4.78, 5) is 25.0. The lowest BCUT2D eigenvalue weighted by Crippen LogP contribution is -2.40. The van der Waals surface area contributed by atoms with Crippen LogP contribution < -0.4 is 5.32 Å². The number of hydrogen-bond acceptors (Lipinski definition) is 5. The van der Waals surface area contributed by atoms with Crippen LogP contribution in [-0.4, -0.2) is 43.0 Å². The van der Waals surface area contributed by atoms with Crippen LogP contribution in [-0.2, 0) is 20.9 Å². The van der Waals surface area contributed by atoms with E-state index in [1.807, 2.05) is 6.92 Å². The van der Waals surface area contributed by atoms with E-state index in [1.165, 1.54) is 0 Å². The van der Waals surface area contributed by atoms with Crippen LogP contribution >= 0.6 is 0 Å². The maximum Gasteiger partial charge on any atom is 0.320 e. The van der Waals surface area contributed by atoms with Crippen molar-refractivity contribution in [3.8, 4) is 0 Å². The van der Waals surface area contributed by atoms with Gasteiger partial charge in [-0.3, -0.25) is 14.5 Å². The van der Waals surface area contributed by atoms with E-state index < -0.39 is 0 Å². The molecular formula is C14H22N2O4. The van der Waals surface area contributed by atoms with E-state index >= 15 is 0 Å². The zero-order valence-electron chi connectivity index (χ0n) is 12.1. The number of furan rings is 1. The minimum Gasteiger partial charge on any atom is -0.467 e. The summed E-state index contributed by atoms with van der Waals surface area (Å²) in [5.41, 5.74) is 0. The first kappa shape index (κ1) is 16.2. The number of rotatable bonds is 9. The van der Waals surface area contributed by atoms with Gasteiger partial charge in [-0.05, 0) is 32.0 Å². The van der Waals surface area contributed by atoms with Crippen LogP contribution in [0.25, 0.3) is 0 Å². The van der Waals surface area contributed by atoms with Crippen LogP contribution in [0.15, 0.2) is 22.8 Å². The summed E-state index contributed by atoms with van der Waals surface area (Å²) in [6, 6.07) is 3.56. The van der Waals surface area contributed by atoms with Crippen LogP contribution in [0.3, 0.4) is 0 Å². The van der Waals surface area contributed by atoms with Crippen LogP contribution in [0.2, 0.25) is 0 Å². The van der Waals surface area contributed by atoms with Crippen molar-refractivity contribution in [1.82, 2.24) is 10.2 Å². The summed E-state index contributed by atoms with van der Waals surface area (Å²) < 4.78 is 10.0. The molecule has 0 radical (unpaired) electrons. The molecule has 6 nitrogen and oxygen atoms in total. The highest BCUT2D eigenvalue weighted by molar-refractivity contribution is 5.79. The first-order valence-corrected chi connectivity index (χ1v) is 6.82. The SMILES string of the molecule is CCCN(CC(=O)NCc1ccco1)CC(=O)OCC. The Morgan fingerprint density at radius 1 is 1.35 bits per heavy atom. The van der Waals surface area contributed by atoms with Gasteiger partial charge in [-0.25, -0.2) is 0 Å². The molecule has 1 heterocycles. The summed E-state index contributed by atoms with van der Waals surface area (Å²) >= 11 is 0. The van der Waals surface area contributed by atoms with Gasteiger partial charge in [0.15, 0.2) is 0 Å². The molecule has 0 unspecified atom stereocenters. The van der Waals surface area contributed by atoms with Crippen molar-refractivity contribution in [3.63, 3.8) is 0 Å². The quantitative estimate of drug-likeness (QED) is 0.688. The summed E-state index contributed by atoms with van der Waals surface area (Å²) in [7, 11) is 0. The highest BCUT2D eigenvalue weighted by atomic mass is 16.5. The van der Waals surface area contributed by atoms with Crippen molar-refractivity contribution in [1.29, 1.82) is 0 Å². The minimum absolute atomic E-state index is 0.135. The van der Waals surface area contributed by atoms with Gasteiger partial charge in [0, 0.05) is 0 Å². The molecule has 6 heteroatoms. The molecule has 1 N–H and O–H groups in total. The molecule has 0 saturated heterocycles. The molecule has 20 heavy (non-hydrogen) atoms. The Labute approximate surface area is 119 Å². The van der Waals surface area contributed by atoms with Gasteiger partial charge in [0.1, 0.15) is 5.76 Å². The Bertz CT molecular complexity index is 403. The normalized spacial score (nSPS) is 10.6. The maximum atomic E-state index is 11.8. The maximum absolute atomic E-state index is 11.8. The first-order valence-electron chi connectivity index (χ1n) is 6.82. The number of amides is 1. The highest BCUT2D eigenvalue weighted by Crippen LogP contribution is 1.99. The molecule has 0 bridgehead atoms. The lowest BCUT2D eigenvalue weighted by atomic mass is 10.3. The van der Waals surface area contributed by atoms with Crippen LogP contribution in [0, 0.1) is 0 Å². The van der Waals surface area contributed by atoms with Gasteiger partial charge in [0.25, 0.3) is 0 Å². The van der Waals surface area contributed by atoms with Gasteiger partial charge in [0.2, 0.25) is 5.91 Å². The molecular weight excluding hydrogens is 260 g/mol. The van der Waals surface area contributed by atoms with Crippen molar-refractivity contribution in [2.45, 2.75) is 26.8 Å². The molecule has 0 aliphatic rings. The monoisotopic (exact) mass is 282 g/mol. The van der Waals surface area contributed by atoms with E-state index in [0.717, 1.165) is 6.42 Å². The van der Waals surface area contributed by atoms with Crippen LogP contribution in [0.4, 0.5) is 0 Å². The van der Waals surface area contributed by atoms with Gasteiger partial charge in [-0.15, -0.1) is 0 Å². The molecule has 0 fully saturated rings. The topological polar surface area (TPSA) is 71.8 Å². The summed E-state index contributed by atoms with van der Waals surface area (Å²) in [6.07, 6.45) is 2.43. The predicted octanol–water partition coefficient (Wildman–Crippen LogP) is 1.17. The van der Waals surface area contributed by atoms with Crippen molar-refractivity contribution in [3.05, 3.63) is 24.2 Å². The van der Waals surface area contributed by atoms with E-state index in [2.05, 4.69) is 5.32 Å². The Hall–Kier alpha value is -1.82. The lowest BCUT2D eigenvalue weighted by Gasteiger charge is -2.19. The molecule has 0 atom stereocenters. The number of esters is 1. The number of carbonyl (C=O) groups excluding carboxylic acids is 2. The zero-order valence-corrected chi connectivity index (χ0v) is 12.1. The number of nitrogens with one attached hydrogen (secondary N) is 1. The van der Waals surface area contributed by atoms with Crippen molar-refractivity contribution in [2.24, 2.45) is 0 Å². The Balaban J connectivity index is 2.35. The molecule has 0 aromatic carbocycles. The first-order chi connectivity index (χ1) is 9.65. The largest absolute Gasteiger partial charge is 0.467 e. The van der Waals surface area contributed by atoms with E-state index in [1.54, 1.807) is 30.2 Å². The summed E-state index contributed by atoms with van der Waals surface area (Å²) in [6.45, 7) is 5.45. The second-order valence-electron chi connectivity index (χ2n) is 4.37. The third kappa shape index (κ3) is 6.38. The van der Waals surface area contributed by atoms with Gasteiger partial charge in [-0.2, -0.15) is 0 Å². The third-order valence-electron chi connectivity index (χ3n) is 2.60. The molecule has 0 aliphatic heterocycles. The molecule has 0 aliphatic carbocycles. The minimum atomic E-state index is -0.306. The molecule has 1 aromatic heterocycles. The average Bonchev–Trinajstić information content (AvgIpc) is 2.90. The number of nitrogens with zero attached hydrogens (tertiary/aromatic N) is 1. The zero-order chi connectivity index (χ0) is 14.8. The molecule has 0 saturated carbocycles. The third-order valence-corrected chi connectivity index (χ3v) is 2.60. The van der Waals surface area contributed by atoms with Crippen molar-refractivity contribution < 1.29 is 18.7 Å². The van der Waals surface area contributed by atoms with Gasteiger partial charge >= 0.3 is 5.97 Å². The fourth-order valence-electron chi connectivity index (χ4n) is 1.78. The molecule has 112 valence electrons. The molecule has 1 amide bonds.